The summed E-state index contributed by atoms with van der Waals surface area (Å²) in [5.41, 5.74) is 4.88. The Kier molecular flexibility index (Phi) is 7.16. The van der Waals surface area contributed by atoms with E-state index in [0.29, 0.717) is 28.2 Å². The molecule has 4 aromatic rings. The predicted octanol–water partition coefficient (Wildman–Crippen LogP) is 4.71. The number of rotatable bonds is 4. The third-order valence-corrected chi connectivity index (χ3v) is 4.73. The number of esters is 1. The van der Waals surface area contributed by atoms with Crippen LogP contribution in [0.4, 0.5) is 5.69 Å². The van der Waals surface area contributed by atoms with Crippen LogP contribution >= 0.6 is 0 Å². The number of carbonyl (C=O) groups excluding carboxylic acids is 2. The Morgan fingerprint density at radius 3 is 2.39 bits per heavy atom. The van der Waals surface area contributed by atoms with Crippen molar-refractivity contribution in [2.24, 2.45) is 0 Å². The van der Waals surface area contributed by atoms with E-state index in [4.69, 9.17) is 15.0 Å². The van der Waals surface area contributed by atoms with Gasteiger partial charge in [0.05, 0.1) is 41.9 Å². The number of ether oxygens (including phenoxy) is 1. The Bertz CT molecular complexity index is 1350. The van der Waals surface area contributed by atoms with Crippen LogP contribution in [0, 0.1) is 11.3 Å². The van der Waals surface area contributed by atoms with Crippen LogP contribution < -0.4 is 5.32 Å². The van der Waals surface area contributed by atoms with Crippen molar-refractivity contribution >= 4 is 23.2 Å². The second-order valence-electron chi connectivity index (χ2n) is 6.76. The smallest absolute Gasteiger partial charge is 0.339 e. The second-order valence-corrected chi connectivity index (χ2v) is 6.76. The third kappa shape index (κ3) is 4.88. The zero-order valence-corrected chi connectivity index (χ0v) is 18.8. The molecule has 0 unspecified atom stereocenters. The lowest BCUT2D eigenvalue weighted by Gasteiger charge is -2.11. The molecule has 0 aliphatic carbocycles. The van der Waals surface area contributed by atoms with Gasteiger partial charge in [-0.15, -0.1) is 0 Å². The summed E-state index contributed by atoms with van der Waals surface area (Å²) in [6.45, 7) is 5.37. The van der Waals surface area contributed by atoms with Crippen molar-refractivity contribution in [2.75, 3.05) is 12.4 Å². The molecule has 4 rings (SSSR count). The van der Waals surface area contributed by atoms with E-state index in [1.165, 1.54) is 14.0 Å². The van der Waals surface area contributed by atoms with Crippen molar-refractivity contribution in [1.82, 2.24) is 14.6 Å². The monoisotopic (exact) mass is 441 g/mol. The van der Waals surface area contributed by atoms with Gasteiger partial charge in [0.1, 0.15) is 0 Å². The number of hydrogen-bond donors (Lipinski definition) is 1. The van der Waals surface area contributed by atoms with Gasteiger partial charge >= 0.3 is 5.97 Å². The Morgan fingerprint density at radius 2 is 1.76 bits per heavy atom. The molecule has 0 aliphatic rings. The van der Waals surface area contributed by atoms with Crippen molar-refractivity contribution in [2.45, 2.75) is 20.8 Å². The summed E-state index contributed by atoms with van der Waals surface area (Å²) in [6, 6.07) is 16.1. The van der Waals surface area contributed by atoms with E-state index < -0.39 is 5.97 Å². The molecule has 0 bridgehead atoms. The maximum Gasteiger partial charge on any atom is 0.339 e. The third-order valence-electron chi connectivity index (χ3n) is 4.73. The summed E-state index contributed by atoms with van der Waals surface area (Å²) in [7, 11) is 1.29. The fourth-order valence-corrected chi connectivity index (χ4v) is 3.24. The van der Waals surface area contributed by atoms with Crippen LogP contribution in [0.2, 0.25) is 0 Å². The molecule has 0 spiro atoms. The lowest BCUT2D eigenvalue weighted by Crippen LogP contribution is -2.12. The molecule has 0 atom stereocenters. The number of hydrogen-bond acceptors (Lipinski definition) is 6. The van der Waals surface area contributed by atoms with E-state index in [2.05, 4.69) is 16.5 Å². The highest BCUT2D eigenvalue weighted by atomic mass is 16.5. The van der Waals surface area contributed by atoms with Crippen LogP contribution in [0.15, 0.2) is 60.9 Å². The quantitative estimate of drug-likeness (QED) is 0.460. The van der Waals surface area contributed by atoms with Gasteiger partial charge < -0.3 is 10.1 Å². The number of anilines is 1. The van der Waals surface area contributed by atoms with E-state index in [1.54, 1.807) is 53.3 Å². The Balaban J connectivity index is 0.00000149. The minimum absolute atomic E-state index is 0.255. The predicted molar refractivity (Wildman–Crippen MR) is 126 cm³/mol. The number of benzene rings is 2. The highest BCUT2D eigenvalue weighted by Crippen LogP contribution is 2.28. The molecule has 1 N–H and O–H groups in total. The van der Waals surface area contributed by atoms with Gasteiger partial charge in [-0.1, -0.05) is 32.0 Å². The first-order valence-electron chi connectivity index (χ1n) is 10.4. The number of amides is 1. The van der Waals surface area contributed by atoms with Gasteiger partial charge in [-0.05, 0) is 35.9 Å². The molecule has 0 saturated heterocycles. The molecule has 0 radical (unpaired) electrons. The van der Waals surface area contributed by atoms with Crippen LogP contribution in [-0.2, 0) is 9.53 Å². The van der Waals surface area contributed by atoms with Gasteiger partial charge in [-0.3, -0.25) is 4.79 Å². The Hall–Kier alpha value is -4.51. The Morgan fingerprint density at radius 1 is 1.06 bits per heavy atom. The van der Waals surface area contributed by atoms with Crippen molar-refractivity contribution in [3.8, 4) is 28.5 Å². The van der Waals surface area contributed by atoms with E-state index in [-0.39, 0.29) is 11.5 Å². The molecule has 2 aromatic carbocycles. The standard InChI is InChI=1S/C23H17N5O3.C2H6/c1-14(29)26-21-11-17(7-8-18(21)23(30)31-2)20-9-10-28-22(27-20)19(13-25-28)16-5-3-15(12-24)4-6-16;1-2/h3-11,13H,1-2H3,(H,26,29);1-2H3. The molecular formula is C25H23N5O3. The average Bonchev–Trinajstić information content (AvgIpc) is 3.27. The first kappa shape index (κ1) is 23.2. The van der Waals surface area contributed by atoms with Crippen molar-refractivity contribution < 1.29 is 14.3 Å². The first-order valence-corrected chi connectivity index (χ1v) is 10.4. The molecule has 1 amide bonds. The minimum Gasteiger partial charge on any atom is -0.465 e. The molecule has 8 nitrogen and oxygen atoms in total. The highest BCUT2D eigenvalue weighted by Gasteiger charge is 2.16. The van der Waals surface area contributed by atoms with Gasteiger partial charge in [0.25, 0.3) is 0 Å². The number of aromatic nitrogens is 3. The second kappa shape index (κ2) is 10.2. The number of nitrogens with one attached hydrogen (secondary N) is 1. The number of nitriles is 1. The van der Waals surface area contributed by atoms with Crippen LogP contribution in [0.25, 0.3) is 28.0 Å². The lowest BCUT2D eigenvalue weighted by molar-refractivity contribution is -0.114. The number of carbonyl (C=O) groups is 2. The minimum atomic E-state index is -0.544. The zero-order valence-electron chi connectivity index (χ0n) is 18.8. The van der Waals surface area contributed by atoms with Crippen LogP contribution in [-0.4, -0.2) is 33.6 Å². The van der Waals surface area contributed by atoms with Crippen molar-refractivity contribution in [1.29, 1.82) is 5.26 Å². The average molecular weight is 441 g/mol. The van der Waals surface area contributed by atoms with E-state index in [0.717, 1.165) is 11.1 Å². The molecule has 2 aromatic heterocycles. The summed E-state index contributed by atoms with van der Waals surface area (Å²) in [5, 5.41) is 16.0. The summed E-state index contributed by atoms with van der Waals surface area (Å²) in [4.78, 5) is 28.4. The SMILES string of the molecule is CC.COC(=O)c1ccc(-c2ccn3ncc(-c4ccc(C#N)cc4)c3n2)cc1NC(C)=O. The van der Waals surface area contributed by atoms with E-state index in [9.17, 15) is 9.59 Å². The molecule has 8 heteroatoms. The van der Waals surface area contributed by atoms with Gasteiger partial charge in [0.2, 0.25) is 5.91 Å². The summed E-state index contributed by atoms with van der Waals surface area (Å²) >= 11 is 0. The zero-order chi connectivity index (χ0) is 24.0. The van der Waals surface area contributed by atoms with Crippen LogP contribution in [0.5, 0.6) is 0 Å². The number of fused-ring (bicyclic) bond motifs is 1. The number of methoxy groups -OCH3 is 1. The van der Waals surface area contributed by atoms with Gasteiger partial charge in [-0.2, -0.15) is 10.4 Å². The molecule has 0 aliphatic heterocycles. The van der Waals surface area contributed by atoms with Crippen LogP contribution in [0.1, 0.15) is 36.7 Å². The maximum absolute atomic E-state index is 12.0. The fourth-order valence-electron chi connectivity index (χ4n) is 3.24. The summed E-state index contributed by atoms with van der Waals surface area (Å²) < 4.78 is 6.46. The summed E-state index contributed by atoms with van der Waals surface area (Å²) in [6.07, 6.45) is 3.51. The molecule has 2 heterocycles. The Labute approximate surface area is 191 Å². The molecular weight excluding hydrogens is 418 g/mol. The van der Waals surface area contributed by atoms with Gasteiger partial charge in [0.15, 0.2) is 5.65 Å². The molecule has 0 fully saturated rings. The fraction of sp³-hybridized carbons (Fsp3) is 0.160. The van der Waals surface area contributed by atoms with E-state index in [1.807, 2.05) is 26.0 Å². The molecule has 166 valence electrons. The van der Waals surface area contributed by atoms with Crippen molar-refractivity contribution in [3.05, 3.63) is 72.1 Å². The molecule has 0 saturated carbocycles. The lowest BCUT2D eigenvalue weighted by atomic mass is 10.1. The van der Waals surface area contributed by atoms with E-state index >= 15 is 0 Å². The molecule has 33 heavy (non-hydrogen) atoms. The largest absolute Gasteiger partial charge is 0.465 e. The normalized spacial score (nSPS) is 10.0. The van der Waals surface area contributed by atoms with Gasteiger partial charge in [0, 0.05) is 24.2 Å². The van der Waals surface area contributed by atoms with Crippen molar-refractivity contribution in [3.63, 3.8) is 0 Å². The van der Waals surface area contributed by atoms with Gasteiger partial charge in [-0.25, -0.2) is 14.3 Å². The topological polar surface area (TPSA) is 109 Å². The summed E-state index contributed by atoms with van der Waals surface area (Å²) in [5.74, 6) is -0.845. The number of nitrogens with zero attached hydrogens (tertiary/aromatic N) is 4. The first-order chi connectivity index (χ1) is 16.0. The highest BCUT2D eigenvalue weighted by molar-refractivity contribution is 6.01. The maximum atomic E-state index is 12.0. The van der Waals surface area contributed by atoms with Crippen LogP contribution in [0.3, 0.4) is 0 Å².